The maximum atomic E-state index is 5.23. The Hall–Kier alpha value is -1.48. The number of quaternary nitrogens is 1. The molecule has 2 aromatic rings. The molecular weight excluding hydrogens is 188 g/mol. The SMILES string of the molecule is COc1ccc2[nH]cc(C[NH+](C)C)c2c1. The highest BCUT2D eigenvalue weighted by Crippen LogP contribution is 2.22. The molecule has 1 aromatic heterocycles. The predicted molar refractivity (Wildman–Crippen MR) is 61.4 cm³/mol. The van der Waals surface area contributed by atoms with E-state index in [9.17, 15) is 0 Å². The molecule has 3 nitrogen and oxygen atoms in total. The maximum Gasteiger partial charge on any atom is 0.119 e. The molecule has 2 rings (SSSR count). The van der Waals surface area contributed by atoms with Crippen molar-refractivity contribution in [2.45, 2.75) is 6.54 Å². The first-order valence-electron chi connectivity index (χ1n) is 5.13. The third-order valence-electron chi connectivity index (χ3n) is 2.52. The quantitative estimate of drug-likeness (QED) is 0.763. The topological polar surface area (TPSA) is 29.5 Å². The summed E-state index contributed by atoms with van der Waals surface area (Å²) >= 11 is 0. The molecule has 2 N–H and O–H groups in total. The second-order valence-corrected chi connectivity index (χ2v) is 4.11. The van der Waals surface area contributed by atoms with Crippen LogP contribution in [0.5, 0.6) is 5.75 Å². The van der Waals surface area contributed by atoms with Crippen LogP contribution in [0, 0.1) is 0 Å². The van der Waals surface area contributed by atoms with Gasteiger partial charge in [0.15, 0.2) is 0 Å². The molecule has 80 valence electrons. The summed E-state index contributed by atoms with van der Waals surface area (Å²) in [5.74, 6) is 0.914. The van der Waals surface area contributed by atoms with Crippen LogP contribution in [0.1, 0.15) is 5.56 Å². The van der Waals surface area contributed by atoms with Crippen molar-refractivity contribution in [3.05, 3.63) is 30.0 Å². The van der Waals surface area contributed by atoms with Gasteiger partial charge in [-0.1, -0.05) is 0 Å². The fraction of sp³-hybridized carbons (Fsp3) is 0.333. The number of methoxy groups -OCH3 is 1. The third-order valence-corrected chi connectivity index (χ3v) is 2.52. The van der Waals surface area contributed by atoms with Crippen LogP contribution in [-0.4, -0.2) is 26.2 Å². The summed E-state index contributed by atoms with van der Waals surface area (Å²) < 4.78 is 5.23. The van der Waals surface area contributed by atoms with E-state index in [4.69, 9.17) is 4.74 Å². The molecule has 0 bridgehead atoms. The number of ether oxygens (including phenoxy) is 1. The van der Waals surface area contributed by atoms with Crippen molar-refractivity contribution in [3.63, 3.8) is 0 Å². The lowest BCUT2D eigenvalue weighted by Crippen LogP contribution is -3.04. The molecule has 1 heterocycles. The van der Waals surface area contributed by atoms with Crippen molar-refractivity contribution < 1.29 is 9.64 Å². The molecule has 0 saturated carbocycles. The number of H-pyrrole nitrogens is 1. The van der Waals surface area contributed by atoms with Gasteiger partial charge < -0.3 is 14.6 Å². The van der Waals surface area contributed by atoms with Crippen molar-refractivity contribution in [2.24, 2.45) is 0 Å². The minimum Gasteiger partial charge on any atom is -0.497 e. The first-order chi connectivity index (χ1) is 7.20. The van der Waals surface area contributed by atoms with Gasteiger partial charge >= 0.3 is 0 Å². The lowest BCUT2D eigenvalue weighted by Gasteiger charge is -2.06. The fourth-order valence-corrected chi connectivity index (χ4v) is 1.81. The fourth-order valence-electron chi connectivity index (χ4n) is 1.81. The Kier molecular flexibility index (Phi) is 2.64. The molecule has 0 aliphatic rings. The van der Waals surface area contributed by atoms with E-state index in [0.29, 0.717) is 0 Å². The number of benzene rings is 1. The molecule has 1 aromatic carbocycles. The van der Waals surface area contributed by atoms with Crippen LogP contribution in [0.4, 0.5) is 0 Å². The highest BCUT2D eigenvalue weighted by atomic mass is 16.5. The van der Waals surface area contributed by atoms with Gasteiger partial charge in [-0.05, 0) is 18.2 Å². The molecule has 0 amide bonds. The summed E-state index contributed by atoms with van der Waals surface area (Å²) in [5.41, 5.74) is 2.51. The highest BCUT2D eigenvalue weighted by molar-refractivity contribution is 5.84. The van der Waals surface area contributed by atoms with Gasteiger partial charge in [0.1, 0.15) is 12.3 Å². The van der Waals surface area contributed by atoms with Crippen molar-refractivity contribution in [2.75, 3.05) is 21.2 Å². The van der Waals surface area contributed by atoms with Crippen molar-refractivity contribution >= 4 is 10.9 Å². The van der Waals surface area contributed by atoms with Crippen molar-refractivity contribution in [1.82, 2.24) is 4.98 Å². The van der Waals surface area contributed by atoms with E-state index in [2.05, 4.69) is 37.4 Å². The molecule has 0 aliphatic carbocycles. The zero-order valence-corrected chi connectivity index (χ0v) is 9.42. The number of nitrogens with one attached hydrogen (secondary N) is 2. The smallest absolute Gasteiger partial charge is 0.119 e. The van der Waals surface area contributed by atoms with E-state index < -0.39 is 0 Å². The largest absolute Gasteiger partial charge is 0.497 e. The van der Waals surface area contributed by atoms with E-state index in [0.717, 1.165) is 12.3 Å². The molecular formula is C12H17N2O+. The average molecular weight is 205 g/mol. The minimum absolute atomic E-state index is 0.914. The van der Waals surface area contributed by atoms with Gasteiger partial charge in [0.2, 0.25) is 0 Å². The average Bonchev–Trinajstić information content (AvgIpc) is 2.60. The molecule has 15 heavy (non-hydrogen) atoms. The van der Waals surface area contributed by atoms with E-state index in [-0.39, 0.29) is 0 Å². The van der Waals surface area contributed by atoms with Gasteiger partial charge in [-0.2, -0.15) is 0 Å². The monoisotopic (exact) mass is 205 g/mol. The van der Waals surface area contributed by atoms with E-state index >= 15 is 0 Å². The normalized spacial score (nSPS) is 11.2. The molecule has 3 heteroatoms. The van der Waals surface area contributed by atoms with Gasteiger partial charge in [0.25, 0.3) is 0 Å². The summed E-state index contributed by atoms with van der Waals surface area (Å²) in [7, 11) is 6.00. The van der Waals surface area contributed by atoms with Crippen LogP contribution in [-0.2, 0) is 6.54 Å². The summed E-state index contributed by atoms with van der Waals surface area (Å²) in [6.07, 6.45) is 2.08. The van der Waals surface area contributed by atoms with Crippen LogP contribution >= 0.6 is 0 Å². The first-order valence-corrected chi connectivity index (χ1v) is 5.13. The van der Waals surface area contributed by atoms with Gasteiger partial charge in [-0.3, -0.25) is 0 Å². The standard InChI is InChI=1S/C12H16N2O/c1-14(2)8-9-7-13-12-5-4-10(15-3)6-11(9)12/h4-7,13H,8H2,1-3H3/p+1. The van der Waals surface area contributed by atoms with Gasteiger partial charge in [0.05, 0.1) is 21.2 Å². The number of hydrogen-bond donors (Lipinski definition) is 2. The number of fused-ring (bicyclic) bond motifs is 1. The number of hydrogen-bond acceptors (Lipinski definition) is 1. The van der Waals surface area contributed by atoms with E-state index in [1.54, 1.807) is 7.11 Å². The Morgan fingerprint density at radius 1 is 1.33 bits per heavy atom. The molecule has 0 fully saturated rings. The number of aromatic amines is 1. The molecule has 0 saturated heterocycles. The van der Waals surface area contributed by atoms with Gasteiger partial charge in [-0.25, -0.2) is 0 Å². The van der Waals surface area contributed by atoms with Gasteiger partial charge in [0, 0.05) is 22.7 Å². The Morgan fingerprint density at radius 3 is 2.80 bits per heavy atom. The number of rotatable bonds is 3. The highest BCUT2D eigenvalue weighted by Gasteiger charge is 2.07. The summed E-state index contributed by atoms with van der Waals surface area (Å²) in [4.78, 5) is 4.69. The molecule has 0 radical (unpaired) electrons. The van der Waals surface area contributed by atoms with Crippen LogP contribution in [0.3, 0.4) is 0 Å². The zero-order valence-electron chi connectivity index (χ0n) is 9.42. The summed E-state index contributed by atoms with van der Waals surface area (Å²) in [6.45, 7) is 1.02. The second kappa shape index (κ2) is 3.95. The van der Waals surface area contributed by atoms with Crippen LogP contribution < -0.4 is 9.64 Å². The van der Waals surface area contributed by atoms with Crippen LogP contribution in [0.2, 0.25) is 0 Å². The molecule has 0 unspecified atom stereocenters. The van der Waals surface area contributed by atoms with Crippen molar-refractivity contribution in [3.8, 4) is 5.75 Å². The van der Waals surface area contributed by atoms with Crippen LogP contribution in [0.25, 0.3) is 10.9 Å². The van der Waals surface area contributed by atoms with E-state index in [1.807, 2.05) is 6.07 Å². The third kappa shape index (κ3) is 1.97. The van der Waals surface area contributed by atoms with Gasteiger partial charge in [-0.15, -0.1) is 0 Å². The minimum atomic E-state index is 0.914. The van der Waals surface area contributed by atoms with Crippen LogP contribution in [0.15, 0.2) is 24.4 Å². The van der Waals surface area contributed by atoms with E-state index in [1.165, 1.54) is 21.4 Å². The predicted octanol–water partition coefficient (Wildman–Crippen LogP) is 0.821. The molecule has 0 spiro atoms. The molecule has 0 atom stereocenters. The lowest BCUT2D eigenvalue weighted by molar-refractivity contribution is -0.872. The first kappa shape index (κ1) is 10.1. The Morgan fingerprint density at radius 2 is 2.13 bits per heavy atom. The molecule has 0 aliphatic heterocycles. The zero-order chi connectivity index (χ0) is 10.8. The summed E-state index contributed by atoms with van der Waals surface area (Å²) in [6, 6.07) is 6.12. The number of aromatic nitrogens is 1. The second-order valence-electron chi connectivity index (χ2n) is 4.11. The summed E-state index contributed by atoms with van der Waals surface area (Å²) in [5, 5.41) is 1.26. The van der Waals surface area contributed by atoms with Crippen molar-refractivity contribution in [1.29, 1.82) is 0 Å². The Bertz CT molecular complexity index is 460. The Balaban J connectivity index is 2.46. The maximum absolute atomic E-state index is 5.23. The lowest BCUT2D eigenvalue weighted by atomic mass is 10.1. The Labute approximate surface area is 89.7 Å².